The fourth-order valence-corrected chi connectivity index (χ4v) is 5.04. The molecule has 10 heteroatoms. The summed E-state index contributed by atoms with van der Waals surface area (Å²) in [5.74, 6) is 0.364. The Morgan fingerprint density at radius 2 is 1.96 bits per heavy atom. The normalized spacial score (nSPS) is 15.8. The Hall–Kier alpha value is -1.52. The molecule has 0 saturated carbocycles. The van der Waals surface area contributed by atoms with Crippen molar-refractivity contribution in [1.29, 1.82) is 0 Å². The van der Waals surface area contributed by atoms with Crippen LogP contribution in [-0.2, 0) is 14.8 Å². The number of thioether (sulfide) groups is 1. The van der Waals surface area contributed by atoms with Gasteiger partial charge in [-0.15, -0.1) is 0 Å². The number of sulfonamides is 1. The van der Waals surface area contributed by atoms with Crippen molar-refractivity contribution < 1.29 is 23.1 Å². The minimum absolute atomic E-state index is 0.103. The van der Waals surface area contributed by atoms with Crippen LogP contribution in [0.2, 0.25) is 0 Å². The molecule has 2 rings (SSSR count). The number of H-pyrrole nitrogens is 1. The number of hydrogen-bond donors (Lipinski definition) is 3. The summed E-state index contributed by atoms with van der Waals surface area (Å²) in [5, 5.41) is 11.2. The van der Waals surface area contributed by atoms with E-state index in [1.54, 1.807) is 11.8 Å². The topological polar surface area (TPSA) is 120 Å². The molecule has 1 aliphatic rings. The average molecular weight is 389 g/mol. The molecule has 0 spiro atoms. The third-order valence-electron chi connectivity index (χ3n) is 3.86. The van der Waals surface area contributed by atoms with Crippen molar-refractivity contribution in [3.63, 3.8) is 0 Å². The van der Waals surface area contributed by atoms with E-state index in [4.69, 9.17) is 5.11 Å². The lowest BCUT2D eigenvalue weighted by Gasteiger charge is -2.24. The fourth-order valence-electron chi connectivity index (χ4n) is 2.47. The Labute approximate surface area is 151 Å². The van der Waals surface area contributed by atoms with Crippen molar-refractivity contribution in [2.45, 2.75) is 30.6 Å². The van der Waals surface area contributed by atoms with Gasteiger partial charge in [0.25, 0.3) is 5.91 Å². The predicted molar refractivity (Wildman–Crippen MR) is 95.3 cm³/mol. The molecule has 1 fully saturated rings. The van der Waals surface area contributed by atoms with Crippen molar-refractivity contribution in [2.75, 3.05) is 31.1 Å². The standard InChI is InChI=1S/C15H23N3O5S2/c19-14(20)4-2-1-3-5-16-15(21)13-10-12(11-17-13)25(22,23)18-6-8-24-9-7-18/h10-11,17H,1-9H2,(H,16,21)(H,19,20). The van der Waals surface area contributed by atoms with Gasteiger partial charge < -0.3 is 15.4 Å². The molecule has 1 saturated heterocycles. The molecule has 0 unspecified atom stereocenters. The van der Waals surface area contributed by atoms with Crippen molar-refractivity contribution in [2.24, 2.45) is 0 Å². The number of unbranched alkanes of at least 4 members (excludes halogenated alkanes) is 2. The predicted octanol–water partition coefficient (Wildman–Crippen LogP) is 1.13. The first-order chi connectivity index (χ1) is 11.9. The molecular formula is C15H23N3O5S2. The smallest absolute Gasteiger partial charge is 0.303 e. The molecule has 0 radical (unpaired) electrons. The summed E-state index contributed by atoms with van der Waals surface area (Å²) in [4.78, 5) is 25.3. The quantitative estimate of drug-likeness (QED) is 0.545. The SMILES string of the molecule is O=C(O)CCCCCNC(=O)c1cc(S(=O)(=O)N2CCSCC2)c[nH]1. The van der Waals surface area contributed by atoms with Crippen LogP contribution in [0, 0.1) is 0 Å². The van der Waals surface area contributed by atoms with Gasteiger partial charge in [-0.2, -0.15) is 16.1 Å². The number of amides is 1. The zero-order valence-corrected chi connectivity index (χ0v) is 15.5. The Morgan fingerprint density at radius 3 is 2.64 bits per heavy atom. The van der Waals surface area contributed by atoms with Crippen molar-refractivity contribution in [1.82, 2.24) is 14.6 Å². The summed E-state index contributed by atoms with van der Waals surface area (Å²) in [6.07, 6.45) is 3.43. The molecule has 1 aromatic heterocycles. The number of carboxylic acids is 1. The number of carbonyl (C=O) groups excluding carboxylic acids is 1. The molecule has 1 amide bonds. The molecule has 0 aromatic carbocycles. The van der Waals surface area contributed by atoms with Crippen LogP contribution in [0.15, 0.2) is 17.2 Å². The molecule has 1 aromatic rings. The van der Waals surface area contributed by atoms with Crippen LogP contribution >= 0.6 is 11.8 Å². The van der Waals surface area contributed by atoms with Gasteiger partial charge in [0.15, 0.2) is 0 Å². The van der Waals surface area contributed by atoms with E-state index in [0.29, 0.717) is 38.9 Å². The maximum absolute atomic E-state index is 12.5. The molecular weight excluding hydrogens is 366 g/mol. The summed E-state index contributed by atoms with van der Waals surface area (Å²) in [7, 11) is -3.56. The van der Waals surface area contributed by atoms with Gasteiger partial charge in [-0.1, -0.05) is 6.42 Å². The second-order valence-electron chi connectivity index (χ2n) is 5.73. The monoisotopic (exact) mass is 389 g/mol. The van der Waals surface area contributed by atoms with Gasteiger partial charge in [-0.3, -0.25) is 9.59 Å². The van der Waals surface area contributed by atoms with Gasteiger partial charge in [0.2, 0.25) is 10.0 Å². The van der Waals surface area contributed by atoms with Crippen LogP contribution in [0.5, 0.6) is 0 Å². The molecule has 0 bridgehead atoms. The number of carboxylic acid groups (broad SMARTS) is 1. The van der Waals surface area contributed by atoms with Crippen molar-refractivity contribution in [3.05, 3.63) is 18.0 Å². The number of nitrogens with one attached hydrogen (secondary N) is 2. The summed E-state index contributed by atoms with van der Waals surface area (Å²) in [5.41, 5.74) is 0.204. The minimum atomic E-state index is -3.56. The van der Waals surface area contributed by atoms with E-state index in [1.165, 1.54) is 16.6 Å². The summed E-state index contributed by atoms with van der Waals surface area (Å²) < 4.78 is 26.5. The first-order valence-electron chi connectivity index (χ1n) is 8.17. The number of hydrogen-bond acceptors (Lipinski definition) is 5. The summed E-state index contributed by atoms with van der Waals surface area (Å²) >= 11 is 1.73. The Morgan fingerprint density at radius 1 is 1.24 bits per heavy atom. The number of nitrogens with zero attached hydrogens (tertiary/aromatic N) is 1. The van der Waals surface area contributed by atoms with Gasteiger partial charge in [-0.25, -0.2) is 8.42 Å². The number of aromatic nitrogens is 1. The van der Waals surface area contributed by atoms with Crippen LogP contribution in [0.1, 0.15) is 36.2 Å². The van der Waals surface area contributed by atoms with Crippen molar-refractivity contribution >= 4 is 33.7 Å². The van der Waals surface area contributed by atoms with Gasteiger partial charge >= 0.3 is 5.97 Å². The number of carbonyl (C=O) groups is 2. The van der Waals surface area contributed by atoms with E-state index in [9.17, 15) is 18.0 Å². The summed E-state index contributed by atoms with van der Waals surface area (Å²) in [6.45, 7) is 1.38. The molecule has 140 valence electrons. The van der Waals surface area contributed by atoms with E-state index in [2.05, 4.69) is 10.3 Å². The number of aliphatic carboxylic acids is 1. The molecule has 3 N–H and O–H groups in total. The van der Waals surface area contributed by atoms with Gasteiger partial charge in [0, 0.05) is 43.8 Å². The second-order valence-corrected chi connectivity index (χ2v) is 8.89. The van der Waals surface area contributed by atoms with Gasteiger partial charge in [0.1, 0.15) is 10.6 Å². The highest BCUT2D eigenvalue weighted by Crippen LogP contribution is 2.20. The van der Waals surface area contributed by atoms with Gasteiger partial charge in [-0.05, 0) is 18.9 Å². The molecule has 1 aliphatic heterocycles. The molecule has 0 atom stereocenters. The highest BCUT2D eigenvalue weighted by molar-refractivity contribution is 7.99. The third kappa shape index (κ3) is 5.75. The van der Waals surface area contributed by atoms with E-state index in [-0.39, 0.29) is 22.9 Å². The van der Waals surface area contributed by atoms with E-state index >= 15 is 0 Å². The third-order valence-corrected chi connectivity index (χ3v) is 6.68. The number of aromatic amines is 1. The largest absolute Gasteiger partial charge is 0.481 e. The zero-order chi connectivity index (χ0) is 18.3. The van der Waals surface area contributed by atoms with E-state index < -0.39 is 16.0 Å². The summed E-state index contributed by atoms with van der Waals surface area (Å²) in [6, 6.07) is 1.36. The van der Waals surface area contributed by atoms with Crippen LogP contribution in [0.4, 0.5) is 0 Å². The zero-order valence-electron chi connectivity index (χ0n) is 13.9. The van der Waals surface area contributed by atoms with Crippen LogP contribution in [-0.4, -0.2) is 65.8 Å². The lowest BCUT2D eigenvalue weighted by atomic mass is 10.2. The number of rotatable bonds is 9. The minimum Gasteiger partial charge on any atom is -0.481 e. The van der Waals surface area contributed by atoms with E-state index in [0.717, 1.165) is 11.5 Å². The molecule has 25 heavy (non-hydrogen) atoms. The van der Waals surface area contributed by atoms with E-state index in [1.807, 2.05) is 0 Å². The fraction of sp³-hybridized carbons (Fsp3) is 0.600. The average Bonchev–Trinajstić information content (AvgIpc) is 3.09. The lowest BCUT2D eigenvalue weighted by molar-refractivity contribution is -0.137. The first-order valence-corrected chi connectivity index (χ1v) is 10.8. The van der Waals surface area contributed by atoms with Gasteiger partial charge in [0.05, 0.1) is 0 Å². The van der Waals surface area contributed by atoms with Crippen LogP contribution < -0.4 is 5.32 Å². The molecule has 8 nitrogen and oxygen atoms in total. The Kier molecular flexibility index (Phi) is 7.33. The highest BCUT2D eigenvalue weighted by Gasteiger charge is 2.27. The Balaban J connectivity index is 1.83. The second kappa shape index (κ2) is 9.25. The lowest BCUT2D eigenvalue weighted by Crippen LogP contribution is -2.37. The van der Waals surface area contributed by atoms with Crippen LogP contribution in [0.3, 0.4) is 0 Å². The van der Waals surface area contributed by atoms with Crippen LogP contribution in [0.25, 0.3) is 0 Å². The highest BCUT2D eigenvalue weighted by atomic mass is 32.2. The molecule has 2 heterocycles. The van der Waals surface area contributed by atoms with Crippen molar-refractivity contribution in [3.8, 4) is 0 Å². The first kappa shape index (κ1) is 19.8. The maximum atomic E-state index is 12.5. The Bertz CT molecular complexity index is 696. The molecule has 0 aliphatic carbocycles. The maximum Gasteiger partial charge on any atom is 0.303 e.